The number of nitrogens with two attached hydrogens (primary N) is 1. The number of pyridine rings is 2. The molecule has 0 spiro atoms. The number of aromatic nitrogens is 2. The van der Waals surface area contributed by atoms with Gasteiger partial charge in [-0.05, 0) is 29.3 Å². The number of carbonyl (C=O) groups is 1. The van der Waals surface area contributed by atoms with Crippen molar-refractivity contribution in [3.63, 3.8) is 0 Å². The molecule has 0 aliphatic carbocycles. The Morgan fingerprint density at radius 1 is 1.07 bits per heavy atom. The molecule has 2 aromatic heterocycles. The zero-order chi connectivity index (χ0) is 19.4. The van der Waals surface area contributed by atoms with Crippen molar-refractivity contribution in [1.29, 1.82) is 0 Å². The van der Waals surface area contributed by atoms with Gasteiger partial charge in [-0.3, -0.25) is 4.79 Å². The molecule has 0 fully saturated rings. The Bertz CT molecular complexity index is 1080. The van der Waals surface area contributed by atoms with Crippen LogP contribution in [0.25, 0.3) is 11.1 Å². The van der Waals surface area contributed by atoms with E-state index in [0.717, 1.165) is 0 Å². The van der Waals surface area contributed by atoms with E-state index in [-0.39, 0.29) is 22.4 Å². The van der Waals surface area contributed by atoms with E-state index in [1.54, 1.807) is 36.4 Å². The van der Waals surface area contributed by atoms with E-state index in [1.165, 1.54) is 25.4 Å². The summed E-state index contributed by atoms with van der Waals surface area (Å²) >= 11 is 0. The van der Waals surface area contributed by atoms with Gasteiger partial charge in [0.15, 0.2) is 9.84 Å². The maximum Gasteiger partial charge on any atom is 0.222 e. The Morgan fingerprint density at radius 2 is 1.81 bits per heavy atom. The van der Waals surface area contributed by atoms with Crippen molar-refractivity contribution in [3.8, 4) is 11.1 Å². The van der Waals surface area contributed by atoms with Crippen LogP contribution in [0.5, 0.6) is 0 Å². The molecule has 0 atom stereocenters. The summed E-state index contributed by atoms with van der Waals surface area (Å²) in [6.45, 7) is 1.38. The minimum atomic E-state index is -3.68. The number of amides is 1. The first-order valence-corrected chi connectivity index (χ1v) is 9.76. The Morgan fingerprint density at radius 3 is 2.52 bits per heavy atom. The second-order valence-corrected chi connectivity index (χ2v) is 7.92. The molecule has 0 bridgehead atoms. The summed E-state index contributed by atoms with van der Waals surface area (Å²) < 4.78 is 25.7. The lowest BCUT2D eigenvalue weighted by atomic mass is 10.1. The predicted molar refractivity (Wildman–Crippen MR) is 104 cm³/mol. The van der Waals surface area contributed by atoms with E-state index in [4.69, 9.17) is 5.73 Å². The fourth-order valence-electron chi connectivity index (χ4n) is 2.59. The SMILES string of the molecule is CC(=O)Nc1cc(-c2cnc(N)c(S(=O)(=O)Cc3ccccc3)c2)ccn1. The first-order chi connectivity index (χ1) is 12.8. The largest absolute Gasteiger partial charge is 0.383 e. The first-order valence-electron chi connectivity index (χ1n) is 8.11. The van der Waals surface area contributed by atoms with Gasteiger partial charge in [0, 0.05) is 24.9 Å². The second-order valence-electron chi connectivity index (χ2n) is 5.96. The molecule has 0 unspecified atom stereocenters. The molecule has 0 aliphatic rings. The third kappa shape index (κ3) is 4.48. The van der Waals surface area contributed by atoms with E-state index in [9.17, 15) is 13.2 Å². The van der Waals surface area contributed by atoms with Crippen LogP contribution in [0.4, 0.5) is 11.6 Å². The predicted octanol–water partition coefficient (Wildman–Crippen LogP) is 2.66. The first kappa shape index (κ1) is 18.5. The molecule has 3 aromatic rings. The molecule has 0 saturated heterocycles. The van der Waals surface area contributed by atoms with Crippen molar-refractivity contribution in [2.45, 2.75) is 17.6 Å². The van der Waals surface area contributed by atoms with Crippen LogP contribution in [-0.2, 0) is 20.4 Å². The molecule has 0 radical (unpaired) electrons. The van der Waals surface area contributed by atoms with Crippen LogP contribution < -0.4 is 11.1 Å². The van der Waals surface area contributed by atoms with Crippen molar-refractivity contribution in [2.75, 3.05) is 11.1 Å². The van der Waals surface area contributed by atoms with Crippen molar-refractivity contribution < 1.29 is 13.2 Å². The lowest BCUT2D eigenvalue weighted by Crippen LogP contribution is -2.10. The zero-order valence-corrected chi connectivity index (χ0v) is 15.4. The van der Waals surface area contributed by atoms with Crippen LogP contribution in [0.2, 0.25) is 0 Å². The molecule has 2 heterocycles. The highest BCUT2D eigenvalue weighted by atomic mass is 32.2. The van der Waals surface area contributed by atoms with Gasteiger partial charge >= 0.3 is 0 Å². The van der Waals surface area contributed by atoms with Crippen LogP contribution in [0.1, 0.15) is 12.5 Å². The smallest absolute Gasteiger partial charge is 0.222 e. The van der Waals surface area contributed by atoms with Crippen LogP contribution in [0, 0.1) is 0 Å². The van der Waals surface area contributed by atoms with Crippen molar-refractivity contribution in [2.24, 2.45) is 0 Å². The number of nitrogen functional groups attached to an aromatic ring is 1. The minimum Gasteiger partial charge on any atom is -0.383 e. The number of sulfone groups is 1. The summed E-state index contributed by atoms with van der Waals surface area (Å²) in [5.41, 5.74) is 7.73. The molecule has 138 valence electrons. The van der Waals surface area contributed by atoms with Gasteiger partial charge in [-0.1, -0.05) is 30.3 Å². The average Bonchev–Trinajstić information content (AvgIpc) is 2.62. The molecule has 8 heteroatoms. The summed E-state index contributed by atoms with van der Waals surface area (Å²) in [5, 5.41) is 2.59. The third-order valence-electron chi connectivity index (χ3n) is 3.81. The van der Waals surface area contributed by atoms with Crippen LogP contribution in [0.3, 0.4) is 0 Å². The Hall–Kier alpha value is -3.26. The summed E-state index contributed by atoms with van der Waals surface area (Å²) in [5.74, 6) is -0.103. The monoisotopic (exact) mass is 382 g/mol. The highest BCUT2D eigenvalue weighted by molar-refractivity contribution is 7.90. The summed E-state index contributed by atoms with van der Waals surface area (Å²) in [6.07, 6.45) is 3.01. The lowest BCUT2D eigenvalue weighted by molar-refractivity contribution is -0.114. The molecule has 1 aromatic carbocycles. The third-order valence-corrected chi connectivity index (χ3v) is 5.52. The highest BCUT2D eigenvalue weighted by Gasteiger charge is 2.20. The maximum absolute atomic E-state index is 12.8. The van der Waals surface area contributed by atoms with Gasteiger partial charge < -0.3 is 11.1 Å². The van der Waals surface area contributed by atoms with E-state index in [2.05, 4.69) is 15.3 Å². The zero-order valence-electron chi connectivity index (χ0n) is 14.6. The molecule has 27 heavy (non-hydrogen) atoms. The Kier molecular flexibility index (Phi) is 5.18. The summed E-state index contributed by atoms with van der Waals surface area (Å²) in [7, 11) is -3.68. The second kappa shape index (κ2) is 7.55. The van der Waals surface area contributed by atoms with Crippen LogP contribution >= 0.6 is 0 Å². The molecular formula is C19H18N4O3S. The van der Waals surface area contributed by atoms with Gasteiger partial charge in [-0.2, -0.15) is 0 Å². The van der Waals surface area contributed by atoms with Crippen molar-refractivity contribution in [1.82, 2.24) is 9.97 Å². The van der Waals surface area contributed by atoms with Gasteiger partial charge in [0.1, 0.15) is 16.5 Å². The summed E-state index contributed by atoms with van der Waals surface area (Å²) in [6, 6.07) is 13.7. The summed E-state index contributed by atoms with van der Waals surface area (Å²) in [4.78, 5) is 19.3. The van der Waals surface area contributed by atoms with Gasteiger partial charge in [0.25, 0.3) is 0 Å². The van der Waals surface area contributed by atoms with Gasteiger partial charge in [-0.15, -0.1) is 0 Å². The van der Waals surface area contributed by atoms with E-state index in [0.29, 0.717) is 22.5 Å². The number of carbonyl (C=O) groups excluding carboxylic acids is 1. The Balaban J connectivity index is 1.98. The van der Waals surface area contributed by atoms with Gasteiger partial charge in [0.05, 0.1) is 5.75 Å². The molecule has 0 aliphatic heterocycles. The maximum atomic E-state index is 12.8. The van der Waals surface area contributed by atoms with Crippen LogP contribution in [0.15, 0.2) is 65.8 Å². The molecule has 7 nitrogen and oxygen atoms in total. The quantitative estimate of drug-likeness (QED) is 0.701. The fraction of sp³-hybridized carbons (Fsp3) is 0.105. The molecule has 1 amide bonds. The number of hydrogen-bond acceptors (Lipinski definition) is 6. The number of nitrogens with zero attached hydrogens (tertiary/aromatic N) is 2. The number of rotatable bonds is 5. The van der Waals surface area contributed by atoms with E-state index in [1.807, 2.05) is 6.07 Å². The number of anilines is 2. The van der Waals surface area contributed by atoms with Gasteiger partial charge in [-0.25, -0.2) is 18.4 Å². The van der Waals surface area contributed by atoms with E-state index >= 15 is 0 Å². The van der Waals surface area contributed by atoms with Crippen molar-refractivity contribution >= 4 is 27.4 Å². The lowest BCUT2D eigenvalue weighted by Gasteiger charge is -2.10. The topological polar surface area (TPSA) is 115 Å². The standard InChI is InChI=1S/C19H18N4O3S/c1-13(24)23-18-10-15(7-8-21-18)16-9-17(19(20)22-11-16)27(25,26)12-14-5-3-2-4-6-14/h2-11H,12H2,1H3,(H2,20,22)(H,21,23,24). The number of nitrogens with one attached hydrogen (secondary N) is 1. The molecule has 3 N–H and O–H groups in total. The average molecular weight is 382 g/mol. The highest BCUT2D eigenvalue weighted by Crippen LogP contribution is 2.28. The Labute approximate surface area is 157 Å². The van der Waals surface area contributed by atoms with E-state index < -0.39 is 9.84 Å². The molecule has 0 saturated carbocycles. The molecule has 3 rings (SSSR count). The minimum absolute atomic E-state index is 0.0262. The normalized spacial score (nSPS) is 11.1. The molecular weight excluding hydrogens is 364 g/mol. The number of benzene rings is 1. The van der Waals surface area contributed by atoms with Crippen LogP contribution in [-0.4, -0.2) is 24.3 Å². The van der Waals surface area contributed by atoms with Crippen molar-refractivity contribution in [3.05, 3.63) is 66.5 Å². The van der Waals surface area contributed by atoms with Gasteiger partial charge in [0.2, 0.25) is 5.91 Å². The fourth-order valence-corrected chi connectivity index (χ4v) is 4.06. The number of hydrogen-bond donors (Lipinski definition) is 2.